The van der Waals surface area contributed by atoms with Crippen molar-refractivity contribution in [2.24, 2.45) is 0 Å². The Labute approximate surface area is 82.3 Å². The number of nitrogens with zero attached hydrogens (tertiary/aromatic N) is 1. The molecular weight excluding hydrogens is 267 g/mol. The van der Waals surface area contributed by atoms with Crippen LogP contribution in [0.1, 0.15) is 0 Å². The molecule has 2 heterocycles. The van der Waals surface area contributed by atoms with Crippen LogP contribution in [-0.4, -0.2) is 28.3 Å². The first kappa shape index (κ1) is 9.06. The second-order valence-corrected chi connectivity index (χ2v) is 18.7. The van der Waals surface area contributed by atoms with E-state index in [1.54, 1.807) is 0 Å². The molecule has 0 aliphatic rings. The molecule has 0 radical (unpaired) electrons. The second kappa shape index (κ2) is 3.01. The molecule has 2 nitrogen and oxygen atoms in total. The van der Waals surface area contributed by atoms with Gasteiger partial charge in [-0.05, 0) is 0 Å². The Bertz CT molecular complexity index is 426. The van der Waals surface area contributed by atoms with Gasteiger partial charge in [-0.1, -0.05) is 0 Å². The summed E-state index contributed by atoms with van der Waals surface area (Å²) in [5, 5.41) is 1.32. The predicted octanol–water partition coefficient (Wildman–Crippen LogP) is 2.11. The summed E-state index contributed by atoms with van der Waals surface area (Å²) in [6, 6.07) is 4.17. The quantitative estimate of drug-likeness (QED) is 0.797. The van der Waals surface area contributed by atoms with Crippen molar-refractivity contribution in [1.29, 1.82) is 0 Å². The molecule has 0 saturated heterocycles. The number of aromatic nitrogens is 2. The van der Waals surface area contributed by atoms with Crippen molar-refractivity contribution in [3.8, 4) is 0 Å². The van der Waals surface area contributed by atoms with E-state index in [2.05, 4.69) is 37.1 Å². The van der Waals surface area contributed by atoms with Crippen molar-refractivity contribution >= 4 is 33.0 Å². The number of nitrogens with one attached hydrogen (secondary N) is 1. The van der Waals surface area contributed by atoms with E-state index in [-0.39, 0.29) is 0 Å². The van der Waals surface area contributed by atoms with E-state index >= 15 is 0 Å². The van der Waals surface area contributed by atoms with E-state index in [0.29, 0.717) is 0 Å². The zero-order valence-electron chi connectivity index (χ0n) is 8.26. The minimum atomic E-state index is -1.93. The zero-order valence-corrected chi connectivity index (χ0v) is 11.1. The van der Waals surface area contributed by atoms with Gasteiger partial charge in [-0.3, -0.25) is 0 Å². The molecule has 0 unspecified atom stereocenters. The SMILES string of the molecule is [CH3][Sn]([CH3])([CH3])[c]1c[nH]c2ncccc12. The Morgan fingerprint density at radius 2 is 2.08 bits per heavy atom. The molecule has 2 aromatic rings. The first-order chi connectivity index (χ1) is 6.09. The van der Waals surface area contributed by atoms with E-state index in [1.807, 2.05) is 12.3 Å². The summed E-state index contributed by atoms with van der Waals surface area (Å²) in [7, 11) is 0. The molecule has 13 heavy (non-hydrogen) atoms. The maximum absolute atomic E-state index is 4.29. The summed E-state index contributed by atoms with van der Waals surface area (Å²) >= 11 is -1.93. The summed E-state index contributed by atoms with van der Waals surface area (Å²) in [4.78, 5) is 14.8. The number of H-pyrrole nitrogens is 1. The number of hydrogen-bond donors (Lipinski definition) is 1. The van der Waals surface area contributed by atoms with Gasteiger partial charge in [0, 0.05) is 0 Å². The van der Waals surface area contributed by atoms with Crippen LogP contribution in [0.15, 0.2) is 24.5 Å². The third-order valence-corrected chi connectivity index (χ3v) is 8.05. The molecule has 0 aliphatic carbocycles. The van der Waals surface area contributed by atoms with Crippen molar-refractivity contribution < 1.29 is 0 Å². The van der Waals surface area contributed by atoms with Crippen LogP contribution >= 0.6 is 0 Å². The fraction of sp³-hybridized carbons (Fsp3) is 0.300. The average Bonchev–Trinajstić information content (AvgIpc) is 2.45. The van der Waals surface area contributed by atoms with E-state index in [9.17, 15) is 0 Å². The third-order valence-electron chi connectivity index (χ3n) is 2.26. The Hall–Kier alpha value is -0.511. The number of rotatable bonds is 1. The van der Waals surface area contributed by atoms with Crippen molar-refractivity contribution in [1.82, 2.24) is 9.97 Å². The number of aromatic amines is 1. The molecule has 1 N–H and O–H groups in total. The van der Waals surface area contributed by atoms with Crippen molar-refractivity contribution in [2.45, 2.75) is 14.8 Å². The van der Waals surface area contributed by atoms with Crippen molar-refractivity contribution in [3.63, 3.8) is 0 Å². The van der Waals surface area contributed by atoms with Crippen molar-refractivity contribution in [3.05, 3.63) is 24.5 Å². The first-order valence-corrected chi connectivity index (χ1v) is 14.5. The van der Waals surface area contributed by atoms with E-state index in [4.69, 9.17) is 0 Å². The molecule has 0 spiro atoms. The fourth-order valence-corrected chi connectivity index (χ4v) is 5.90. The summed E-state index contributed by atoms with van der Waals surface area (Å²) in [5.74, 6) is 0. The van der Waals surface area contributed by atoms with Gasteiger partial charge in [0.25, 0.3) is 0 Å². The Kier molecular flexibility index (Phi) is 2.10. The van der Waals surface area contributed by atoms with E-state index in [0.717, 1.165) is 5.65 Å². The van der Waals surface area contributed by atoms with Gasteiger partial charge in [0.2, 0.25) is 0 Å². The standard InChI is InChI=1S/C7H5N2.3CH3.Sn/c1-2-6-3-5-9-7(6)8-4-1;;;;/h1-2,4-5H,(H,8,9);3*1H3;. The number of pyridine rings is 1. The summed E-state index contributed by atoms with van der Waals surface area (Å²) in [6.07, 6.45) is 3.98. The second-order valence-electron chi connectivity index (χ2n) is 4.35. The van der Waals surface area contributed by atoms with Crippen LogP contribution in [0.2, 0.25) is 14.8 Å². The Balaban J connectivity index is 2.72. The molecule has 0 amide bonds. The molecule has 0 aliphatic heterocycles. The van der Waals surface area contributed by atoms with E-state index < -0.39 is 18.4 Å². The van der Waals surface area contributed by atoms with Gasteiger partial charge < -0.3 is 0 Å². The molecule has 0 fully saturated rings. The van der Waals surface area contributed by atoms with Crippen LogP contribution in [0.5, 0.6) is 0 Å². The van der Waals surface area contributed by atoms with Gasteiger partial charge in [0.05, 0.1) is 0 Å². The summed E-state index contributed by atoms with van der Waals surface area (Å²) in [6.45, 7) is 0. The van der Waals surface area contributed by atoms with Crippen LogP contribution in [0, 0.1) is 0 Å². The topological polar surface area (TPSA) is 28.7 Å². The van der Waals surface area contributed by atoms with Gasteiger partial charge in [-0.2, -0.15) is 0 Å². The molecular formula is C10H14N2Sn. The fourth-order valence-electron chi connectivity index (χ4n) is 1.58. The maximum atomic E-state index is 4.29. The van der Waals surface area contributed by atoms with Crippen LogP contribution in [-0.2, 0) is 0 Å². The summed E-state index contributed by atoms with van der Waals surface area (Å²) in [5.41, 5.74) is 1.03. The monoisotopic (exact) mass is 282 g/mol. The van der Waals surface area contributed by atoms with E-state index in [1.165, 1.54) is 8.97 Å². The Morgan fingerprint density at radius 1 is 1.31 bits per heavy atom. The molecule has 0 saturated carbocycles. The Morgan fingerprint density at radius 3 is 2.77 bits per heavy atom. The van der Waals surface area contributed by atoms with Gasteiger partial charge in [-0.25, -0.2) is 0 Å². The molecule has 3 heteroatoms. The van der Waals surface area contributed by atoms with Gasteiger partial charge >= 0.3 is 82.3 Å². The van der Waals surface area contributed by atoms with Crippen LogP contribution in [0.3, 0.4) is 0 Å². The zero-order chi connectivity index (χ0) is 9.47. The van der Waals surface area contributed by atoms with Gasteiger partial charge in [0.1, 0.15) is 0 Å². The van der Waals surface area contributed by atoms with Gasteiger partial charge in [-0.15, -0.1) is 0 Å². The third kappa shape index (κ3) is 1.59. The number of hydrogen-bond acceptors (Lipinski definition) is 1. The van der Waals surface area contributed by atoms with Crippen LogP contribution in [0.25, 0.3) is 11.0 Å². The predicted molar refractivity (Wildman–Crippen MR) is 59.1 cm³/mol. The molecule has 2 rings (SSSR count). The molecule has 0 atom stereocenters. The first-order valence-electron chi connectivity index (χ1n) is 4.51. The van der Waals surface area contributed by atoms with Crippen molar-refractivity contribution in [2.75, 3.05) is 0 Å². The van der Waals surface area contributed by atoms with Crippen LogP contribution < -0.4 is 3.58 Å². The molecule has 2 aromatic heterocycles. The normalized spacial score (nSPS) is 12.2. The van der Waals surface area contributed by atoms with Crippen LogP contribution in [0.4, 0.5) is 0 Å². The summed E-state index contributed by atoms with van der Waals surface area (Å²) < 4.78 is 1.54. The molecule has 0 aromatic carbocycles. The number of fused-ring (bicyclic) bond motifs is 1. The molecule has 68 valence electrons. The molecule has 0 bridgehead atoms. The van der Waals surface area contributed by atoms with Gasteiger partial charge in [0.15, 0.2) is 0 Å². The minimum absolute atomic E-state index is 1.03. The average molecular weight is 281 g/mol.